The van der Waals surface area contributed by atoms with Crippen LogP contribution in [0, 0.1) is 13.8 Å². The fraction of sp³-hybridized carbons (Fsp3) is 0.222. The Labute approximate surface area is 198 Å². The smallest absolute Gasteiger partial charge is 0.261 e. The fourth-order valence-electron chi connectivity index (χ4n) is 3.73. The number of methoxy groups -OCH3 is 1. The van der Waals surface area contributed by atoms with E-state index in [4.69, 9.17) is 9.47 Å². The molecule has 0 atom stereocenters. The highest BCUT2D eigenvalue weighted by molar-refractivity contribution is 6.22. The van der Waals surface area contributed by atoms with Crippen LogP contribution in [0.15, 0.2) is 60.7 Å². The van der Waals surface area contributed by atoms with Gasteiger partial charge in [0.2, 0.25) is 0 Å². The monoisotopic (exact) mass is 458 g/mol. The van der Waals surface area contributed by atoms with Gasteiger partial charge in [0.15, 0.2) is 0 Å². The molecule has 1 aliphatic rings. The number of aryl methyl sites for hydroxylation is 2. The number of benzene rings is 3. The first kappa shape index (κ1) is 23.2. The van der Waals surface area contributed by atoms with Crippen molar-refractivity contribution in [1.82, 2.24) is 4.90 Å². The summed E-state index contributed by atoms with van der Waals surface area (Å²) in [5.74, 6) is 0.287. The molecule has 7 nitrogen and oxygen atoms in total. The maximum absolute atomic E-state index is 12.8. The highest BCUT2D eigenvalue weighted by atomic mass is 16.5. The molecule has 0 radical (unpaired) electrons. The Kier molecular flexibility index (Phi) is 6.75. The van der Waals surface area contributed by atoms with Gasteiger partial charge < -0.3 is 14.8 Å². The number of fused-ring (bicyclic) bond motifs is 1. The molecule has 4 rings (SSSR count). The maximum atomic E-state index is 12.8. The van der Waals surface area contributed by atoms with Crippen LogP contribution in [0.25, 0.3) is 0 Å². The van der Waals surface area contributed by atoms with Gasteiger partial charge in [-0.2, -0.15) is 0 Å². The van der Waals surface area contributed by atoms with Crippen LogP contribution in [-0.2, 0) is 4.74 Å². The molecule has 0 saturated heterocycles. The van der Waals surface area contributed by atoms with Crippen molar-refractivity contribution in [2.45, 2.75) is 20.3 Å². The fourth-order valence-corrected chi connectivity index (χ4v) is 3.73. The Bertz CT molecular complexity index is 1250. The lowest BCUT2D eigenvalue weighted by molar-refractivity contribution is 0.0638. The van der Waals surface area contributed by atoms with Gasteiger partial charge in [0, 0.05) is 31.5 Å². The summed E-state index contributed by atoms with van der Waals surface area (Å²) in [7, 11) is 1.57. The van der Waals surface area contributed by atoms with Crippen LogP contribution >= 0.6 is 0 Å². The summed E-state index contributed by atoms with van der Waals surface area (Å²) in [6.07, 6.45) is 0.554. The van der Waals surface area contributed by atoms with Crippen LogP contribution < -0.4 is 10.1 Å². The van der Waals surface area contributed by atoms with E-state index in [0.717, 1.165) is 11.3 Å². The van der Waals surface area contributed by atoms with Crippen LogP contribution in [-0.4, -0.2) is 42.9 Å². The van der Waals surface area contributed by atoms with Crippen molar-refractivity contribution in [2.75, 3.05) is 25.6 Å². The van der Waals surface area contributed by atoms with Crippen molar-refractivity contribution in [3.63, 3.8) is 0 Å². The minimum atomic E-state index is -0.390. The van der Waals surface area contributed by atoms with Gasteiger partial charge >= 0.3 is 0 Å². The van der Waals surface area contributed by atoms with E-state index in [1.165, 1.54) is 22.6 Å². The summed E-state index contributed by atoms with van der Waals surface area (Å²) in [5, 5.41) is 2.82. The number of ether oxygens (including phenoxy) is 2. The molecule has 0 fully saturated rings. The second-order valence-corrected chi connectivity index (χ2v) is 8.20. The molecule has 1 N–H and O–H groups in total. The zero-order chi connectivity index (χ0) is 24.2. The van der Waals surface area contributed by atoms with Crippen LogP contribution in [0.4, 0.5) is 5.69 Å². The lowest BCUT2D eigenvalue weighted by atomic mass is 10.1. The molecule has 0 unspecified atom stereocenters. The third kappa shape index (κ3) is 4.84. The number of carbonyl (C=O) groups is 3. The first-order valence-electron chi connectivity index (χ1n) is 11.0. The largest absolute Gasteiger partial charge is 0.457 e. The lowest BCUT2D eigenvalue weighted by Crippen LogP contribution is -2.31. The zero-order valence-electron chi connectivity index (χ0n) is 19.4. The topological polar surface area (TPSA) is 84.9 Å². The molecule has 174 valence electrons. The molecule has 7 heteroatoms. The minimum absolute atomic E-state index is 0.243. The van der Waals surface area contributed by atoms with Crippen LogP contribution in [0.1, 0.15) is 48.6 Å². The summed E-state index contributed by atoms with van der Waals surface area (Å²) in [6.45, 7) is 4.81. The maximum Gasteiger partial charge on any atom is 0.261 e. The van der Waals surface area contributed by atoms with E-state index < -0.39 is 5.91 Å². The highest BCUT2D eigenvalue weighted by Crippen LogP contribution is 2.27. The summed E-state index contributed by atoms with van der Waals surface area (Å²) >= 11 is 0. The Morgan fingerprint density at radius 3 is 2.26 bits per heavy atom. The van der Waals surface area contributed by atoms with Gasteiger partial charge in [-0.05, 0) is 86.0 Å². The standard InChI is InChI=1S/C27H26N2O5/c1-17-5-9-22(15-18(17)2)34-21-10-7-20(8-11-21)28-25(30)19-6-12-23-24(16-19)27(32)29(26(23)31)13-4-14-33-3/h5-12,15-16H,4,13-14H2,1-3H3,(H,28,30). The number of nitrogens with one attached hydrogen (secondary N) is 1. The molecule has 0 saturated carbocycles. The lowest BCUT2D eigenvalue weighted by Gasteiger charge is -2.12. The average molecular weight is 459 g/mol. The highest BCUT2D eigenvalue weighted by Gasteiger charge is 2.35. The third-order valence-corrected chi connectivity index (χ3v) is 5.79. The second kappa shape index (κ2) is 9.89. The van der Waals surface area contributed by atoms with Gasteiger partial charge in [0.05, 0.1) is 11.1 Å². The van der Waals surface area contributed by atoms with E-state index >= 15 is 0 Å². The number of hydrogen-bond acceptors (Lipinski definition) is 5. The molecule has 3 aromatic rings. The van der Waals surface area contributed by atoms with Crippen molar-refractivity contribution in [3.05, 3.63) is 88.5 Å². The first-order chi connectivity index (χ1) is 16.4. The number of amides is 3. The molecule has 3 amide bonds. The predicted molar refractivity (Wildman–Crippen MR) is 129 cm³/mol. The van der Waals surface area contributed by atoms with Gasteiger partial charge in [-0.1, -0.05) is 6.07 Å². The van der Waals surface area contributed by atoms with E-state index in [0.29, 0.717) is 35.6 Å². The minimum Gasteiger partial charge on any atom is -0.457 e. The number of hydrogen-bond donors (Lipinski definition) is 1. The van der Waals surface area contributed by atoms with Gasteiger partial charge in [-0.3, -0.25) is 19.3 Å². The van der Waals surface area contributed by atoms with E-state index in [2.05, 4.69) is 5.32 Å². The van der Waals surface area contributed by atoms with E-state index in [1.54, 1.807) is 37.4 Å². The summed E-state index contributed by atoms with van der Waals surface area (Å²) < 4.78 is 10.9. The number of nitrogens with zero attached hydrogens (tertiary/aromatic N) is 1. The van der Waals surface area contributed by atoms with Crippen molar-refractivity contribution >= 4 is 23.4 Å². The quantitative estimate of drug-likeness (QED) is 0.380. The molecule has 0 aromatic heterocycles. The SMILES string of the molecule is COCCCN1C(=O)c2ccc(C(=O)Nc3ccc(Oc4ccc(C)c(C)c4)cc3)cc2C1=O. The van der Waals surface area contributed by atoms with Crippen LogP contribution in [0.5, 0.6) is 11.5 Å². The van der Waals surface area contributed by atoms with Crippen molar-refractivity contribution < 1.29 is 23.9 Å². The van der Waals surface area contributed by atoms with E-state index in [-0.39, 0.29) is 23.9 Å². The van der Waals surface area contributed by atoms with Crippen LogP contribution in [0.2, 0.25) is 0 Å². The Morgan fingerprint density at radius 2 is 1.56 bits per heavy atom. The number of carbonyl (C=O) groups excluding carboxylic acids is 3. The molecule has 1 aliphatic heterocycles. The number of imide groups is 1. The summed E-state index contributed by atoms with van der Waals surface area (Å²) in [6, 6.07) is 17.5. The Balaban J connectivity index is 1.42. The molecule has 3 aromatic carbocycles. The number of rotatable bonds is 8. The van der Waals surface area contributed by atoms with Crippen molar-refractivity contribution in [3.8, 4) is 11.5 Å². The Hall–Kier alpha value is -3.97. The summed E-state index contributed by atoms with van der Waals surface area (Å²) in [5.41, 5.74) is 3.78. The van der Waals surface area contributed by atoms with Crippen LogP contribution in [0.3, 0.4) is 0 Å². The normalized spacial score (nSPS) is 12.6. The van der Waals surface area contributed by atoms with E-state index in [1.807, 2.05) is 32.0 Å². The Morgan fingerprint density at radius 1 is 0.853 bits per heavy atom. The number of anilines is 1. The van der Waals surface area contributed by atoms with Gasteiger partial charge in [0.25, 0.3) is 17.7 Å². The predicted octanol–water partition coefficient (Wildman–Crippen LogP) is 4.98. The third-order valence-electron chi connectivity index (χ3n) is 5.79. The van der Waals surface area contributed by atoms with E-state index in [9.17, 15) is 14.4 Å². The van der Waals surface area contributed by atoms with Gasteiger partial charge in [0.1, 0.15) is 11.5 Å². The van der Waals surface area contributed by atoms with Crippen molar-refractivity contribution in [1.29, 1.82) is 0 Å². The molecule has 0 aliphatic carbocycles. The summed E-state index contributed by atoms with van der Waals surface area (Å²) in [4.78, 5) is 39.2. The van der Waals surface area contributed by atoms with Gasteiger partial charge in [-0.15, -0.1) is 0 Å². The molecule has 0 spiro atoms. The second-order valence-electron chi connectivity index (χ2n) is 8.20. The molecule has 0 bridgehead atoms. The molecule has 1 heterocycles. The zero-order valence-corrected chi connectivity index (χ0v) is 19.4. The molecule has 34 heavy (non-hydrogen) atoms. The first-order valence-corrected chi connectivity index (χ1v) is 11.0. The average Bonchev–Trinajstić information content (AvgIpc) is 3.07. The van der Waals surface area contributed by atoms with Gasteiger partial charge in [-0.25, -0.2) is 0 Å². The molecular formula is C27H26N2O5. The van der Waals surface area contributed by atoms with Crippen molar-refractivity contribution in [2.24, 2.45) is 0 Å². The molecular weight excluding hydrogens is 432 g/mol.